The first kappa shape index (κ1) is 22.8. The summed E-state index contributed by atoms with van der Waals surface area (Å²) in [5.74, 6) is 0.835. The highest BCUT2D eigenvalue weighted by molar-refractivity contribution is 7.98. The van der Waals surface area contributed by atoms with Crippen molar-refractivity contribution in [3.05, 3.63) is 106 Å². The molecule has 2 N–H and O–H groups in total. The molecule has 4 aromatic rings. The van der Waals surface area contributed by atoms with E-state index in [1.165, 1.54) is 11.8 Å². The van der Waals surface area contributed by atoms with E-state index in [1.54, 1.807) is 43.5 Å². The molecule has 168 valence electrons. The first-order valence-corrected chi connectivity index (χ1v) is 11.3. The minimum atomic E-state index is -0.511. The van der Waals surface area contributed by atoms with Crippen LogP contribution < -0.4 is 15.6 Å². The Kier molecular flexibility index (Phi) is 7.06. The molecular weight excluding hydrogens is 448 g/mol. The molecule has 7 nitrogen and oxygen atoms in total. The molecule has 0 aliphatic rings. The SMILES string of the molecule is COc1cccc(-c2nc(SCc3ccccc3NC(=O)c3ccccc3)[nH]c(=O)c2C#N)c1. The molecule has 0 saturated carbocycles. The lowest BCUT2D eigenvalue weighted by Gasteiger charge is -2.11. The fourth-order valence-corrected chi connectivity index (χ4v) is 4.17. The third-order valence-electron chi connectivity index (χ3n) is 5.02. The van der Waals surface area contributed by atoms with Crippen LogP contribution in [0.3, 0.4) is 0 Å². The molecule has 0 spiro atoms. The van der Waals surface area contributed by atoms with Crippen molar-refractivity contribution in [3.8, 4) is 23.1 Å². The summed E-state index contributed by atoms with van der Waals surface area (Å²) >= 11 is 1.30. The summed E-state index contributed by atoms with van der Waals surface area (Å²) in [4.78, 5) is 32.4. The number of nitrogens with zero attached hydrogens (tertiary/aromatic N) is 2. The first-order valence-electron chi connectivity index (χ1n) is 10.3. The predicted molar refractivity (Wildman–Crippen MR) is 132 cm³/mol. The number of hydrogen-bond donors (Lipinski definition) is 2. The lowest BCUT2D eigenvalue weighted by atomic mass is 10.1. The van der Waals surface area contributed by atoms with Gasteiger partial charge < -0.3 is 15.0 Å². The molecule has 3 aromatic carbocycles. The van der Waals surface area contributed by atoms with E-state index in [0.717, 1.165) is 5.56 Å². The molecule has 0 aliphatic carbocycles. The van der Waals surface area contributed by atoms with Gasteiger partial charge in [0.15, 0.2) is 5.16 Å². The van der Waals surface area contributed by atoms with Gasteiger partial charge in [0.1, 0.15) is 17.4 Å². The van der Waals surface area contributed by atoms with Crippen LogP contribution in [-0.2, 0) is 5.75 Å². The number of benzene rings is 3. The van der Waals surface area contributed by atoms with E-state index < -0.39 is 5.56 Å². The zero-order valence-electron chi connectivity index (χ0n) is 18.2. The van der Waals surface area contributed by atoms with Gasteiger partial charge in [-0.25, -0.2) is 4.98 Å². The van der Waals surface area contributed by atoms with E-state index in [9.17, 15) is 14.9 Å². The number of carbonyl (C=O) groups is 1. The number of carbonyl (C=O) groups excluding carboxylic acids is 1. The molecule has 0 radical (unpaired) electrons. The second kappa shape index (κ2) is 10.5. The molecule has 8 heteroatoms. The van der Waals surface area contributed by atoms with Crippen LogP contribution in [0.15, 0.2) is 88.8 Å². The van der Waals surface area contributed by atoms with Crippen molar-refractivity contribution in [2.24, 2.45) is 0 Å². The lowest BCUT2D eigenvalue weighted by Crippen LogP contribution is -2.15. The molecule has 0 unspecified atom stereocenters. The van der Waals surface area contributed by atoms with Gasteiger partial charge >= 0.3 is 0 Å². The Balaban J connectivity index is 1.59. The van der Waals surface area contributed by atoms with Crippen LogP contribution in [-0.4, -0.2) is 23.0 Å². The Bertz CT molecular complexity index is 1430. The molecule has 1 aromatic heterocycles. The topological polar surface area (TPSA) is 108 Å². The summed E-state index contributed by atoms with van der Waals surface area (Å²) in [6, 6.07) is 25.4. The molecule has 0 atom stereocenters. The first-order chi connectivity index (χ1) is 16.6. The van der Waals surface area contributed by atoms with Gasteiger partial charge in [0, 0.05) is 22.6 Å². The second-order valence-corrected chi connectivity index (χ2v) is 8.17. The lowest BCUT2D eigenvalue weighted by molar-refractivity contribution is 0.102. The fraction of sp³-hybridized carbons (Fsp3) is 0.0769. The minimum absolute atomic E-state index is 0.0619. The number of para-hydroxylation sites is 1. The molecule has 0 fully saturated rings. The third-order valence-corrected chi connectivity index (χ3v) is 5.94. The quantitative estimate of drug-likeness (QED) is 0.296. The third kappa shape index (κ3) is 5.17. The van der Waals surface area contributed by atoms with Gasteiger partial charge in [0.25, 0.3) is 11.5 Å². The van der Waals surface area contributed by atoms with Crippen LogP contribution in [0.4, 0.5) is 5.69 Å². The minimum Gasteiger partial charge on any atom is -0.497 e. The maximum Gasteiger partial charge on any atom is 0.270 e. The number of rotatable bonds is 7. The Morgan fingerprint density at radius 3 is 2.62 bits per heavy atom. The van der Waals surface area contributed by atoms with Crippen molar-refractivity contribution in [3.63, 3.8) is 0 Å². The largest absolute Gasteiger partial charge is 0.497 e. The number of aromatic nitrogens is 2. The van der Waals surface area contributed by atoms with Crippen molar-refractivity contribution in [2.45, 2.75) is 10.9 Å². The second-order valence-electron chi connectivity index (χ2n) is 7.20. The van der Waals surface area contributed by atoms with Crippen LogP contribution in [0.1, 0.15) is 21.5 Å². The zero-order valence-corrected chi connectivity index (χ0v) is 19.1. The van der Waals surface area contributed by atoms with Gasteiger partial charge in [-0.15, -0.1) is 0 Å². The number of thioether (sulfide) groups is 1. The standard InChI is InChI=1S/C26H20N4O3S/c1-33-20-12-7-11-18(14-20)23-21(15-27)25(32)30-26(29-23)34-16-19-10-5-6-13-22(19)28-24(31)17-8-3-2-4-9-17/h2-14H,16H2,1H3,(H,28,31)(H,29,30,32). The molecule has 1 amide bonds. The number of nitrogens with one attached hydrogen (secondary N) is 2. The van der Waals surface area contributed by atoms with Gasteiger partial charge in [0.2, 0.25) is 0 Å². The molecule has 4 rings (SSSR count). The number of ether oxygens (including phenoxy) is 1. The Morgan fingerprint density at radius 1 is 1.09 bits per heavy atom. The molecular formula is C26H20N4O3S. The van der Waals surface area contributed by atoms with Crippen LogP contribution in [0.25, 0.3) is 11.3 Å². The van der Waals surface area contributed by atoms with Gasteiger partial charge in [-0.05, 0) is 35.9 Å². The van der Waals surface area contributed by atoms with Crippen LogP contribution in [0.5, 0.6) is 5.75 Å². The number of aromatic amines is 1. The Hall–Kier alpha value is -4.35. The highest BCUT2D eigenvalue weighted by Crippen LogP contribution is 2.28. The molecule has 0 saturated heterocycles. The fourth-order valence-electron chi connectivity index (χ4n) is 3.30. The summed E-state index contributed by atoms with van der Waals surface area (Å²) in [5.41, 5.74) is 2.43. The normalized spacial score (nSPS) is 10.4. The van der Waals surface area contributed by atoms with E-state index >= 15 is 0 Å². The summed E-state index contributed by atoms with van der Waals surface area (Å²) in [6.45, 7) is 0. The number of H-pyrrole nitrogens is 1. The average molecular weight is 469 g/mol. The van der Waals surface area contributed by atoms with Gasteiger partial charge in [-0.3, -0.25) is 9.59 Å². The molecule has 0 bridgehead atoms. The smallest absolute Gasteiger partial charge is 0.270 e. The van der Waals surface area contributed by atoms with E-state index in [1.807, 2.05) is 48.5 Å². The summed E-state index contributed by atoms with van der Waals surface area (Å²) in [6.07, 6.45) is 0. The van der Waals surface area contributed by atoms with Crippen LogP contribution in [0.2, 0.25) is 0 Å². The highest BCUT2D eigenvalue weighted by atomic mass is 32.2. The van der Waals surface area contributed by atoms with Gasteiger partial charge in [-0.2, -0.15) is 5.26 Å². The highest BCUT2D eigenvalue weighted by Gasteiger charge is 2.15. The maximum atomic E-state index is 12.6. The van der Waals surface area contributed by atoms with E-state index in [-0.39, 0.29) is 11.5 Å². The van der Waals surface area contributed by atoms with Crippen LogP contribution in [0, 0.1) is 11.3 Å². The van der Waals surface area contributed by atoms with Gasteiger partial charge in [0.05, 0.1) is 12.8 Å². The summed E-state index contributed by atoms with van der Waals surface area (Å²) < 4.78 is 5.26. The number of hydrogen-bond acceptors (Lipinski definition) is 6. The van der Waals surface area contributed by atoms with Crippen molar-refractivity contribution in [1.82, 2.24) is 9.97 Å². The number of amides is 1. The summed E-state index contributed by atoms with van der Waals surface area (Å²) in [7, 11) is 1.55. The van der Waals surface area contributed by atoms with Crippen LogP contribution >= 0.6 is 11.8 Å². The number of nitriles is 1. The Labute approximate surface area is 200 Å². The number of anilines is 1. The summed E-state index contributed by atoms with van der Waals surface area (Å²) in [5, 5.41) is 12.8. The van der Waals surface area contributed by atoms with E-state index in [0.29, 0.717) is 39.2 Å². The Morgan fingerprint density at radius 2 is 1.85 bits per heavy atom. The van der Waals surface area contributed by atoms with Gasteiger partial charge in [-0.1, -0.05) is 60.3 Å². The zero-order chi connectivity index (χ0) is 23.9. The predicted octanol–water partition coefficient (Wildman–Crippen LogP) is 4.86. The van der Waals surface area contributed by atoms with Crippen molar-refractivity contribution < 1.29 is 9.53 Å². The van der Waals surface area contributed by atoms with Crippen molar-refractivity contribution >= 4 is 23.4 Å². The van der Waals surface area contributed by atoms with E-state index in [2.05, 4.69) is 15.3 Å². The average Bonchev–Trinajstić information content (AvgIpc) is 2.88. The molecule has 0 aliphatic heterocycles. The molecule has 34 heavy (non-hydrogen) atoms. The number of methoxy groups -OCH3 is 1. The maximum absolute atomic E-state index is 12.6. The van der Waals surface area contributed by atoms with Crippen molar-refractivity contribution in [2.75, 3.05) is 12.4 Å². The van der Waals surface area contributed by atoms with E-state index in [4.69, 9.17) is 4.74 Å². The molecule has 1 heterocycles. The monoisotopic (exact) mass is 468 g/mol. The van der Waals surface area contributed by atoms with Crippen molar-refractivity contribution in [1.29, 1.82) is 5.26 Å².